The van der Waals surface area contributed by atoms with Crippen LogP contribution in [0.2, 0.25) is 0 Å². The summed E-state index contributed by atoms with van der Waals surface area (Å²) in [5.41, 5.74) is -0.224. The van der Waals surface area contributed by atoms with Gasteiger partial charge in [-0.3, -0.25) is 14.1 Å². The second kappa shape index (κ2) is 4.09. The number of nitrogens with zero attached hydrogens (tertiary/aromatic N) is 2. The van der Waals surface area contributed by atoms with Gasteiger partial charge >= 0.3 is 5.97 Å². The van der Waals surface area contributed by atoms with E-state index in [-0.39, 0.29) is 10.6 Å². The van der Waals surface area contributed by atoms with Crippen LogP contribution < -0.4 is 0 Å². The predicted molar refractivity (Wildman–Crippen MR) is 54.0 cm³/mol. The molecule has 1 rings (SSSR count). The third kappa shape index (κ3) is 3.12. The van der Waals surface area contributed by atoms with E-state index in [2.05, 4.69) is 15.2 Å². The number of aromatic nitrogens is 3. The molecule has 0 aromatic carbocycles. The molecule has 0 bridgehead atoms. The van der Waals surface area contributed by atoms with Crippen molar-refractivity contribution in [3.63, 3.8) is 0 Å². The first kappa shape index (κ1) is 11.8. The fraction of sp³-hybridized carbons (Fsp3) is 0.625. The second-order valence-electron chi connectivity index (χ2n) is 4.10. The largest absolute Gasteiger partial charge is 0.481 e. The molecule has 1 unspecified atom stereocenters. The summed E-state index contributed by atoms with van der Waals surface area (Å²) in [4.78, 5) is 14.3. The van der Waals surface area contributed by atoms with E-state index in [4.69, 9.17) is 5.11 Å². The van der Waals surface area contributed by atoms with Crippen LogP contribution in [0.25, 0.3) is 0 Å². The summed E-state index contributed by atoms with van der Waals surface area (Å²) in [6, 6.07) is 0. The quantitative estimate of drug-likeness (QED) is 0.779. The van der Waals surface area contributed by atoms with Crippen molar-refractivity contribution in [1.29, 1.82) is 0 Å². The van der Waals surface area contributed by atoms with Gasteiger partial charge in [0.25, 0.3) is 0 Å². The van der Waals surface area contributed by atoms with E-state index in [0.29, 0.717) is 5.82 Å². The Balaban J connectivity index is 2.85. The van der Waals surface area contributed by atoms with Gasteiger partial charge in [-0.1, -0.05) is 20.8 Å². The lowest BCUT2D eigenvalue weighted by molar-refractivity contribution is -0.133. The highest BCUT2D eigenvalue weighted by molar-refractivity contribution is 7.85. The van der Waals surface area contributed by atoms with E-state index in [9.17, 15) is 9.00 Å². The molecular formula is C8H13N3O3S. The average Bonchev–Trinajstić information content (AvgIpc) is 2.48. The molecule has 0 aliphatic carbocycles. The van der Waals surface area contributed by atoms with Gasteiger partial charge in [-0.2, -0.15) is 0 Å². The van der Waals surface area contributed by atoms with Crippen molar-refractivity contribution in [3.05, 3.63) is 5.82 Å². The highest BCUT2D eigenvalue weighted by Crippen LogP contribution is 2.17. The molecule has 1 atom stereocenters. The maximum atomic E-state index is 11.4. The lowest BCUT2D eigenvalue weighted by Gasteiger charge is -2.12. The molecule has 0 radical (unpaired) electrons. The summed E-state index contributed by atoms with van der Waals surface area (Å²) in [6.07, 6.45) is 0. The standard InChI is InChI=1S/C8H13N3O3S/c1-8(2,3)6-9-7(11-10-6)15(14)4-5(12)13/h4H2,1-3H3,(H,12,13)(H,9,10,11). The highest BCUT2D eigenvalue weighted by Gasteiger charge is 2.21. The smallest absolute Gasteiger partial charge is 0.316 e. The molecule has 0 aliphatic rings. The van der Waals surface area contributed by atoms with E-state index in [1.54, 1.807) is 0 Å². The first-order valence-electron chi connectivity index (χ1n) is 4.34. The third-order valence-corrected chi connectivity index (χ3v) is 2.73. The molecule has 1 aromatic rings. The molecule has 1 aromatic heterocycles. The lowest BCUT2D eigenvalue weighted by Crippen LogP contribution is -2.14. The molecule has 0 saturated carbocycles. The minimum Gasteiger partial charge on any atom is -0.481 e. The number of aliphatic carboxylic acids is 1. The van der Waals surface area contributed by atoms with Crippen molar-refractivity contribution < 1.29 is 14.1 Å². The number of aromatic amines is 1. The van der Waals surface area contributed by atoms with E-state index < -0.39 is 22.5 Å². The Morgan fingerprint density at radius 2 is 2.13 bits per heavy atom. The van der Waals surface area contributed by atoms with Crippen LogP contribution >= 0.6 is 0 Å². The summed E-state index contributed by atoms with van der Waals surface area (Å²) in [7, 11) is -1.68. The summed E-state index contributed by atoms with van der Waals surface area (Å²) in [6.45, 7) is 5.78. The van der Waals surface area contributed by atoms with Crippen LogP contribution in [0, 0.1) is 0 Å². The van der Waals surface area contributed by atoms with Gasteiger partial charge in [0.2, 0.25) is 5.16 Å². The SMILES string of the molecule is CC(C)(C)c1nc(S(=O)CC(=O)O)n[nH]1. The number of carbonyl (C=O) groups is 1. The van der Waals surface area contributed by atoms with Gasteiger partial charge in [-0.05, 0) is 0 Å². The van der Waals surface area contributed by atoms with Crippen molar-refractivity contribution in [1.82, 2.24) is 15.2 Å². The number of nitrogens with one attached hydrogen (secondary N) is 1. The molecule has 0 aliphatic heterocycles. The minimum atomic E-state index is -1.68. The number of H-pyrrole nitrogens is 1. The number of hydrogen-bond acceptors (Lipinski definition) is 4. The first-order chi connectivity index (χ1) is 6.80. The molecule has 6 nitrogen and oxygen atoms in total. The molecule has 15 heavy (non-hydrogen) atoms. The van der Waals surface area contributed by atoms with Gasteiger partial charge in [0.15, 0.2) is 0 Å². The van der Waals surface area contributed by atoms with Crippen LogP contribution in [-0.2, 0) is 21.0 Å². The normalized spacial score (nSPS) is 13.8. The van der Waals surface area contributed by atoms with Gasteiger partial charge in [-0.15, -0.1) is 5.10 Å². The van der Waals surface area contributed by atoms with Crippen LogP contribution in [0.15, 0.2) is 5.16 Å². The van der Waals surface area contributed by atoms with Crippen LogP contribution in [-0.4, -0.2) is 36.2 Å². The van der Waals surface area contributed by atoms with Gasteiger partial charge in [0, 0.05) is 5.41 Å². The van der Waals surface area contributed by atoms with Gasteiger partial charge in [-0.25, -0.2) is 4.98 Å². The summed E-state index contributed by atoms with van der Waals surface area (Å²) >= 11 is 0. The first-order valence-corrected chi connectivity index (χ1v) is 5.65. The monoisotopic (exact) mass is 231 g/mol. The highest BCUT2D eigenvalue weighted by atomic mass is 32.2. The maximum absolute atomic E-state index is 11.4. The second-order valence-corrected chi connectivity index (χ2v) is 5.45. The Hall–Kier alpha value is -1.24. The third-order valence-electron chi connectivity index (χ3n) is 1.63. The van der Waals surface area contributed by atoms with Crippen molar-refractivity contribution in [2.75, 3.05) is 5.75 Å². The molecule has 0 saturated heterocycles. The van der Waals surface area contributed by atoms with Crippen LogP contribution in [0.3, 0.4) is 0 Å². The summed E-state index contributed by atoms with van der Waals surface area (Å²) in [5.74, 6) is -1.01. The molecule has 0 amide bonds. The summed E-state index contributed by atoms with van der Waals surface area (Å²) in [5, 5.41) is 14.9. The van der Waals surface area contributed by atoms with E-state index >= 15 is 0 Å². The molecule has 2 N–H and O–H groups in total. The van der Waals surface area contributed by atoms with Crippen LogP contribution in [0.5, 0.6) is 0 Å². The molecule has 0 fully saturated rings. The topological polar surface area (TPSA) is 95.9 Å². The maximum Gasteiger partial charge on any atom is 0.316 e. The van der Waals surface area contributed by atoms with Gasteiger partial charge in [0.1, 0.15) is 22.4 Å². The number of rotatable bonds is 3. The molecular weight excluding hydrogens is 218 g/mol. The average molecular weight is 231 g/mol. The van der Waals surface area contributed by atoms with Crippen molar-refractivity contribution >= 4 is 16.8 Å². The van der Waals surface area contributed by atoms with Crippen LogP contribution in [0.4, 0.5) is 0 Å². The van der Waals surface area contributed by atoms with Gasteiger partial charge < -0.3 is 5.11 Å². The zero-order chi connectivity index (χ0) is 11.6. The Morgan fingerprint density at radius 3 is 2.53 bits per heavy atom. The van der Waals surface area contributed by atoms with Crippen molar-refractivity contribution in [2.45, 2.75) is 31.3 Å². The van der Waals surface area contributed by atoms with E-state index in [1.165, 1.54) is 0 Å². The van der Waals surface area contributed by atoms with Crippen molar-refractivity contribution in [3.8, 4) is 0 Å². The van der Waals surface area contributed by atoms with Gasteiger partial charge in [0.05, 0.1) is 0 Å². The van der Waals surface area contributed by atoms with Crippen LogP contribution in [0.1, 0.15) is 26.6 Å². The molecule has 7 heteroatoms. The summed E-state index contributed by atoms with van der Waals surface area (Å²) < 4.78 is 11.4. The zero-order valence-electron chi connectivity index (χ0n) is 8.77. The lowest BCUT2D eigenvalue weighted by atomic mass is 9.96. The van der Waals surface area contributed by atoms with Crippen molar-refractivity contribution in [2.24, 2.45) is 0 Å². The predicted octanol–water partition coefficient (Wildman–Crippen LogP) is 0.294. The molecule has 1 heterocycles. The zero-order valence-corrected chi connectivity index (χ0v) is 9.59. The van der Waals surface area contributed by atoms with E-state index in [1.807, 2.05) is 20.8 Å². The Kier molecular flexibility index (Phi) is 3.23. The Labute approximate surface area is 89.6 Å². The van der Waals surface area contributed by atoms with E-state index in [0.717, 1.165) is 0 Å². The number of carboxylic acids is 1. The Bertz CT molecular complexity index is 394. The fourth-order valence-electron chi connectivity index (χ4n) is 0.860. The Morgan fingerprint density at radius 1 is 1.53 bits per heavy atom. The fourth-order valence-corrected chi connectivity index (χ4v) is 1.55. The minimum absolute atomic E-state index is 0.0438. The number of hydrogen-bond donors (Lipinski definition) is 2. The molecule has 84 valence electrons. The number of carboxylic acid groups (broad SMARTS) is 1. The molecule has 0 spiro atoms.